The summed E-state index contributed by atoms with van der Waals surface area (Å²) in [5, 5.41) is 0. The van der Waals surface area contributed by atoms with Crippen molar-refractivity contribution in [1.82, 2.24) is 4.90 Å². The number of rotatable bonds is 34. The summed E-state index contributed by atoms with van der Waals surface area (Å²) in [6, 6.07) is 0. The molecule has 0 bridgehead atoms. The van der Waals surface area contributed by atoms with Crippen LogP contribution >= 0.6 is 0 Å². The van der Waals surface area contributed by atoms with Crippen LogP contribution in [-0.2, 0) is 19.1 Å². The molecule has 0 amide bonds. The van der Waals surface area contributed by atoms with E-state index in [2.05, 4.69) is 60.3 Å². The fourth-order valence-corrected chi connectivity index (χ4v) is 7.86. The summed E-state index contributed by atoms with van der Waals surface area (Å²) in [4.78, 5) is 27.4. The first-order chi connectivity index (χ1) is 25.0. The minimum atomic E-state index is 0.00636. The zero-order valence-corrected chi connectivity index (χ0v) is 36.3. The Bertz CT molecular complexity index is 775. The zero-order valence-electron chi connectivity index (χ0n) is 36.3. The van der Waals surface area contributed by atoms with Crippen LogP contribution in [0.25, 0.3) is 0 Å². The molecule has 0 aliphatic carbocycles. The molecule has 1 aliphatic heterocycles. The minimum Gasteiger partial charge on any atom is -0.465 e. The summed E-state index contributed by atoms with van der Waals surface area (Å²) in [7, 11) is 0. The van der Waals surface area contributed by atoms with Crippen LogP contribution in [0.5, 0.6) is 0 Å². The highest BCUT2D eigenvalue weighted by Gasteiger charge is 2.19. The predicted octanol–water partition coefficient (Wildman–Crippen LogP) is 13.6. The second-order valence-corrected chi connectivity index (χ2v) is 18.6. The average molecular weight is 734 g/mol. The highest BCUT2D eigenvalue weighted by atomic mass is 16.5. The first-order valence-corrected chi connectivity index (χ1v) is 23.0. The number of hydrogen-bond donors (Lipinski definition) is 0. The van der Waals surface area contributed by atoms with E-state index in [4.69, 9.17) is 9.47 Å². The molecule has 0 spiro atoms. The fraction of sp³-hybridized carbons (Fsp3) is 0.957. The topological polar surface area (TPSA) is 55.8 Å². The molecule has 5 heteroatoms. The van der Waals surface area contributed by atoms with Crippen LogP contribution in [0.2, 0.25) is 0 Å². The van der Waals surface area contributed by atoms with E-state index >= 15 is 0 Å². The van der Waals surface area contributed by atoms with Gasteiger partial charge >= 0.3 is 11.9 Å². The van der Waals surface area contributed by atoms with Crippen LogP contribution in [0.4, 0.5) is 0 Å². The van der Waals surface area contributed by atoms with Crippen molar-refractivity contribution in [1.29, 1.82) is 0 Å². The number of piperidine rings is 1. The van der Waals surface area contributed by atoms with Gasteiger partial charge in [-0.25, -0.2) is 0 Å². The molecule has 2 unspecified atom stereocenters. The Hall–Kier alpha value is -1.10. The van der Waals surface area contributed by atoms with Gasteiger partial charge in [0.2, 0.25) is 0 Å². The summed E-state index contributed by atoms with van der Waals surface area (Å²) in [6.45, 7) is 23.2. The first-order valence-electron chi connectivity index (χ1n) is 23.0. The van der Waals surface area contributed by atoms with Crippen molar-refractivity contribution in [3.05, 3.63) is 0 Å². The molecule has 0 saturated carbocycles. The Morgan fingerprint density at radius 1 is 0.462 bits per heavy atom. The van der Waals surface area contributed by atoms with Crippen molar-refractivity contribution in [2.24, 2.45) is 41.4 Å². The molecule has 0 N–H and O–H groups in total. The summed E-state index contributed by atoms with van der Waals surface area (Å²) in [6.07, 6.45) is 30.3. The molecule has 308 valence electrons. The van der Waals surface area contributed by atoms with Crippen molar-refractivity contribution >= 4 is 11.9 Å². The minimum absolute atomic E-state index is 0.00636. The number of carbonyl (C=O) groups excluding carboxylic acids is 2. The normalized spacial score (nSPS) is 15.8. The molecule has 0 aromatic heterocycles. The maximum absolute atomic E-state index is 12.3. The molecule has 5 nitrogen and oxygen atoms in total. The summed E-state index contributed by atoms with van der Waals surface area (Å²) >= 11 is 0. The van der Waals surface area contributed by atoms with Crippen LogP contribution in [0.1, 0.15) is 216 Å². The lowest BCUT2D eigenvalue weighted by molar-refractivity contribution is -0.146. The van der Waals surface area contributed by atoms with E-state index in [0.29, 0.717) is 61.6 Å². The Labute approximate surface area is 325 Å². The third kappa shape index (κ3) is 28.4. The van der Waals surface area contributed by atoms with Gasteiger partial charge in [-0.1, -0.05) is 152 Å². The van der Waals surface area contributed by atoms with Crippen LogP contribution in [0, 0.1) is 41.4 Å². The number of likely N-dealkylation sites (tertiary alicyclic amines) is 1. The van der Waals surface area contributed by atoms with E-state index in [1.54, 1.807) is 0 Å². The second-order valence-electron chi connectivity index (χ2n) is 18.6. The standard InChI is InChI=1S/C47H91NO4/c1-39(2)30-32-44(41(5)6)37-51-46(49)28-22-17-13-9-11-15-20-26-43(36-48-34-24-19-25-35-48)27-21-16-12-10-14-18-23-29-47(50)52-38-45(42(7)8)33-31-40(3)4/h39-45H,9-38H2,1-8H3. The van der Waals surface area contributed by atoms with Gasteiger partial charge in [-0.3, -0.25) is 9.59 Å². The zero-order chi connectivity index (χ0) is 38.4. The van der Waals surface area contributed by atoms with E-state index in [1.165, 1.54) is 129 Å². The monoisotopic (exact) mass is 734 g/mol. The third-order valence-electron chi connectivity index (χ3n) is 12.0. The summed E-state index contributed by atoms with van der Waals surface area (Å²) in [5.74, 6) is 4.40. The highest BCUT2D eigenvalue weighted by Crippen LogP contribution is 2.24. The smallest absolute Gasteiger partial charge is 0.305 e. The molecular weight excluding hydrogens is 643 g/mol. The lowest BCUT2D eigenvalue weighted by atomic mass is 9.89. The third-order valence-corrected chi connectivity index (χ3v) is 12.0. The van der Waals surface area contributed by atoms with Gasteiger partial charge < -0.3 is 14.4 Å². The molecule has 1 rings (SSSR count). The predicted molar refractivity (Wildman–Crippen MR) is 224 cm³/mol. The number of nitrogens with zero attached hydrogens (tertiary/aromatic N) is 1. The molecule has 0 radical (unpaired) electrons. The van der Waals surface area contributed by atoms with Crippen LogP contribution < -0.4 is 0 Å². The van der Waals surface area contributed by atoms with Gasteiger partial charge in [0.05, 0.1) is 13.2 Å². The van der Waals surface area contributed by atoms with E-state index in [9.17, 15) is 9.59 Å². The van der Waals surface area contributed by atoms with E-state index in [1.807, 2.05) is 0 Å². The van der Waals surface area contributed by atoms with Gasteiger partial charge in [0, 0.05) is 19.4 Å². The SMILES string of the molecule is CC(C)CCC(COC(=O)CCCCCCCCCC(CCCCCCCCCC(=O)OCC(CCC(C)C)C(C)C)CN1CCCCC1)C(C)C. The maximum Gasteiger partial charge on any atom is 0.305 e. The summed E-state index contributed by atoms with van der Waals surface area (Å²) < 4.78 is 11.3. The molecule has 52 heavy (non-hydrogen) atoms. The molecule has 1 saturated heterocycles. The van der Waals surface area contributed by atoms with Crippen LogP contribution in [-0.4, -0.2) is 49.7 Å². The van der Waals surface area contributed by atoms with Gasteiger partial charge in [0.1, 0.15) is 0 Å². The van der Waals surface area contributed by atoms with Crippen LogP contribution in [0.15, 0.2) is 0 Å². The van der Waals surface area contributed by atoms with E-state index in [0.717, 1.165) is 44.4 Å². The molecule has 1 fully saturated rings. The maximum atomic E-state index is 12.3. The number of unbranched alkanes of at least 4 members (excludes halogenated alkanes) is 12. The van der Waals surface area contributed by atoms with Crippen molar-refractivity contribution in [2.45, 2.75) is 216 Å². The number of ether oxygens (including phenoxy) is 2. The van der Waals surface area contributed by atoms with Gasteiger partial charge in [0.15, 0.2) is 0 Å². The number of hydrogen-bond acceptors (Lipinski definition) is 5. The Kier molecular flexibility index (Phi) is 30.3. The van der Waals surface area contributed by atoms with Gasteiger partial charge in [-0.15, -0.1) is 0 Å². The Morgan fingerprint density at radius 3 is 1.19 bits per heavy atom. The molecule has 0 aromatic carbocycles. The van der Waals surface area contributed by atoms with Crippen molar-refractivity contribution in [3.8, 4) is 0 Å². The van der Waals surface area contributed by atoms with Gasteiger partial charge in [-0.05, 0) is 106 Å². The quantitative estimate of drug-likeness (QED) is 0.0487. The average Bonchev–Trinajstić information content (AvgIpc) is 3.09. The van der Waals surface area contributed by atoms with Gasteiger partial charge in [-0.2, -0.15) is 0 Å². The molecule has 1 aliphatic rings. The molecular formula is C47H91NO4. The Morgan fingerprint density at radius 2 is 0.827 bits per heavy atom. The lowest BCUT2D eigenvalue weighted by Gasteiger charge is -2.30. The van der Waals surface area contributed by atoms with Gasteiger partial charge in [0.25, 0.3) is 0 Å². The molecule has 1 heterocycles. The Balaban J connectivity index is 2.14. The van der Waals surface area contributed by atoms with Crippen molar-refractivity contribution in [2.75, 3.05) is 32.8 Å². The molecule has 2 atom stereocenters. The fourth-order valence-electron chi connectivity index (χ4n) is 7.86. The van der Waals surface area contributed by atoms with Crippen molar-refractivity contribution in [3.63, 3.8) is 0 Å². The number of esters is 2. The van der Waals surface area contributed by atoms with Crippen LogP contribution in [0.3, 0.4) is 0 Å². The molecule has 0 aromatic rings. The van der Waals surface area contributed by atoms with E-state index < -0.39 is 0 Å². The second kappa shape index (κ2) is 32.2. The lowest BCUT2D eigenvalue weighted by Crippen LogP contribution is -2.34. The summed E-state index contributed by atoms with van der Waals surface area (Å²) in [5.41, 5.74) is 0. The van der Waals surface area contributed by atoms with Crippen molar-refractivity contribution < 1.29 is 19.1 Å². The largest absolute Gasteiger partial charge is 0.465 e. The number of carbonyl (C=O) groups is 2. The van der Waals surface area contributed by atoms with E-state index in [-0.39, 0.29) is 11.9 Å². The highest BCUT2D eigenvalue weighted by molar-refractivity contribution is 5.69. The first kappa shape index (κ1) is 48.9.